The van der Waals surface area contributed by atoms with Crippen LogP contribution in [0.3, 0.4) is 0 Å². The predicted molar refractivity (Wildman–Crippen MR) is 144 cm³/mol. The van der Waals surface area contributed by atoms with E-state index in [9.17, 15) is 14.9 Å². The molecule has 2 amide bonds. The summed E-state index contributed by atoms with van der Waals surface area (Å²) in [5.74, 6) is 0.0906. The van der Waals surface area contributed by atoms with Crippen LogP contribution in [0.1, 0.15) is 65.1 Å². The molecular formula is C27H29ClN8O3. The van der Waals surface area contributed by atoms with Crippen LogP contribution in [0, 0.1) is 11.3 Å². The molecule has 2 aliphatic heterocycles. The van der Waals surface area contributed by atoms with Gasteiger partial charge < -0.3 is 19.9 Å². The summed E-state index contributed by atoms with van der Waals surface area (Å²) in [6.45, 7) is 4.37. The first-order valence-corrected chi connectivity index (χ1v) is 13.1. The first kappa shape index (κ1) is 26.4. The average molecular weight is 549 g/mol. The number of hydrogen-bond donors (Lipinski definition) is 1. The maximum Gasteiger partial charge on any atom is 0.276 e. The molecule has 2 aliphatic rings. The summed E-state index contributed by atoms with van der Waals surface area (Å²) < 4.78 is 7.27. The third-order valence-corrected chi connectivity index (χ3v) is 7.34. The highest BCUT2D eigenvalue weighted by atomic mass is 35.5. The van der Waals surface area contributed by atoms with Crippen LogP contribution in [0.4, 0.5) is 5.95 Å². The van der Waals surface area contributed by atoms with E-state index >= 15 is 0 Å². The van der Waals surface area contributed by atoms with Gasteiger partial charge in [0.1, 0.15) is 11.7 Å². The van der Waals surface area contributed by atoms with Crippen LogP contribution in [0.2, 0.25) is 0 Å². The van der Waals surface area contributed by atoms with Crippen molar-refractivity contribution in [3.05, 3.63) is 58.5 Å². The highest BCUT2D eigenvalue weighted by molar-refractivity contribution is 6.21. The molecule has 1 N–H and O–H groups in total. The number of ether oxygens (including phenoxy) is 1. The SMILES string of the molecule is COc1nc(N(C)C)ncc1-n1nc2c(c1C(C)C)[C@@H](c1ccc(C#N)cc1)N(C1CC(Cl)CNC1=O)C2=O. The molecule has 11 nitrogen and oxygen atoms in total. The van der Waals surface area contributed by atoms with Gasteiger partial charge in [0, 0.05) is 26.2 Å². The summed E-state index contributed by atoms with van der Waals surface area (Å²) in [6.07, 6.45) is 1.95. The van der Waals surface area contributed by atoms with Crippen LogP contribution in [0.5, 0.6) is 5.88 Å². The maximum absolute atomic E-state index is 14.1. The first-order chi connectivity index (χ1) is 18.7. The molecule has 1 saturated heterocycles. The van der Waals surface area contributed by atoms with Gasteiger partial charge in [0.2, 0.25) is 17.7 Å². The molecule has 1 aromatic carbocycles. The van der Waals surface area contributed by atoms with Crippen LogP contribution < -0.4 is 15.0 Å². The lowest BCUT2D eigenvalue weighted by molar-refractivity contribution is -0.127. The van der Waals surface area contributed by atoms with Crippen LogP contribution in [0.15, 0.2) is 30.5 Å². The van der Waals surface area contributed by atoms with Gasteiger partial charge in [-0.3, -0.25) is 9.59 Å². The fraction of sp³-hybridized carbons (Fsp3) is 0.407. The molecule has 3 atom stereocenters. The van der Waals surface area contributed by atoms with E-state index in [1.165, 1.54) is 7.11 Å². The zero-order chi connectivity index (χ0) is 28.0. The molecule has 12 heteroatoms. The van der Waals surface area contributed by atoms with E-state index in [4.69, 9.17) is 21.4 Å². The number of carbonyl (C=O) groups is 2. The van der Waals surface area contributed by atoms with Gasteiger partial charge in [0.15, 0.2) is 5.69 Å². The first-order valence-electron chi connectivity index (χ1n) is 12.6. The lowest BCUT2D eigenvalue weighted by atomic mass is 9.92. The van der Waals surface area contributed by atoms with Crippen LogP contribution in [0.25, 0.3) is 5.69 Å². The van der Waals surface area contributed by atoms with Gasteiger partial charge in [-0.25, -0.2) is 9.67 Å². The summed E-state index contributed by atoms with van der Waals surface area (Å²) in [5, 5.41) is 16.6. The van der Waals surface area contributed by atoms with Gasteiger partial charge in [-0.2, -0.15) is 15.3 Å². The van der Waals surface area contributed by atoms with E-state index in [0.717, 1.165) is 11.3 Å². The molecular weight excluding hydrogens is 520 g/mol. The Balaban J connectivity index is 1.73. The number of aromatic nitrogens is 4. The van der Waals surface area contributed by atoms with E-state index in [1.54, 1.807) is 32.8 Å². The second kappa shape index (κ2) is 10.2. The number of nitrogens with one attached hydrogen (secondary N) is 1. The highest BCUT2D eigenvalue weighted by Gasteiger charge is 2.49. The van der Waals surface area contributed by atoms with Crippen molar-refractivity contribution in [1.29, 1.82) is 5.26 Å². The Bertz CT molecular complexity index is 1480. The lowest BCUT2D eigenvalue weighted by Crippen LogP contribution is -2.55. The molecule has 4 heterocycles. The molecule has 39 heavy (non-hydrogen) atoms. The molecule has 5 rings (SSSR count). The van der Waals surface area contributed by atoms with Crippen molar-refractivity contribution >= 4 is 29.4 Å². The third kappa shape index (κ3) is 4.44. The molecule has 202 valence electrons. The monoisotopic (exact) mass is 548 g/mol. The van der Waals surface area contributed by atoms with Crippen molar-refractivity contribution in [3.8, 4) is 17.6 Å². The fourth-order valence-electron chi connectivity index (χ4n) is 5.24. The quantitative estimate of drug-likeness (QED) is 0.465. The molecule has 3 aromatic rings. The van der Waals surface area contributed by atoms with Gasteiger partial charge in [0.05, 0.1) is 42.1 Å². The number of hydrogen-bond acceptors (Lipinski definition) is 8. The summed E-state index contributed by atoms with van der Waals surface area (Å²) in [5.41, 5.74) is 3.47. The predicted octanol–water partition coefficient (Wildman–Crippen LogP) is 2.77. The molecule has 0 bridgehead atoms. The molecule has 0 saturated carbocycles. The minimum atomic E-state index is -0.769. The number of methoxy groups -OCH3 is 1. The fourth-order valence-corrected chi connectivity index (χ4v) is 5.49. The van der Waals surface area contributed by atoms with Crippen molar-refractivity contribution in [2.45, 2.75) is 43.6 Å². The standard InChI is InChI=1S/C27H29ClN8O3/c1-14(2)22-20-21(33-36(22)19-13-31-27(34(3)4)32-25(19)39-5)26(38)35(18-10-17(28)12-30-24(18)37)23(20)16-8-6-15(11-29)7-9-16/h6-9,13-14,17-18,23H,10,12H2,1-5H3,(H,30,37)/t17?,18?,23-/m1/s1. The Morgan fingerprint density at radius 2 is 1.95 bits per heavy atom. The number of anilines is 1. The number of alkyl halides is 1. The van der Waals surface area contributed by atoms with Gasteiger partial charge >= 0.3 is 0 Å². The van der Waals surface area contributed by atoms with E-state index in [-0.39, 0.29) is 28.8 Å². The van der Waals surface area contributed by atoms with Crippen molar-refractivity contribution in [1.82, 2.24) is 30.0 Å². The van der Waals surface area contributed by atoms with E-state index in [2.05, 4.69) is 21.4 Å². The smallest absolute Gasteiger partial charge is 0.276 e. The Labute approximate surface area is 231 Å². The second-order valence-electron chi connectivity index (χ2n) is 10.1. The van der Waals surface area contributed by atoms with Crippen LogP contribution in [-0.4, -0.2) is 75.6 Å². The number of nitrogens with zero attached hydrogens (tertiary/aromatic N) is 7. The summed E-state index contributed by atoms with van der Waals surface area (Å²) >= 11 is 6.44. The largest absolute Gasteiger partial charge is 0.479 e. The third-order valence-electron chi connectivity index (χ3n) is 7.01. The normalized spacial score (nSPS) is 20.6. The second-order valence-corrected chi connectivity index (χ2v) is 10.7. The summed E-state index contributed by atoms with van der Waals surface area (Å²) in [7, 11) is 5.19. The number of carbonyl (C=O) groups excluding carboxylic acids is 2. The van der Waals surface area contributed by atoms with E-state index in [0.29, 0.717) is 41.6 Å². The number of halogens is 1. The van der Waals surface area contributed by atoms with Gasteiger partial charge in [0.25, 0.3) is 5.91 Å². The number of fused-ring (bicyclic) bond motifs is 1. The Kier molecular flexibility index (Phi) is 6.91. The van der Waals surface area contributed by atoms with Gasteiger partial charge in [-0.15, -0.1) is 11.6 Å². The lowest BCUT2D eigenvalue weighted by Gasteiger charge is -2.37. The Morgan fingerprint density at radius 1 is 1.23 bits per heavy atom. The van der Waals surface area contributed by atoms with Crippen LogP contribution in [-0.2, 0) is 4.79 Å². The number of rotatable bonds is 6. The molecule has 2 unspecified atom stereocenters. The van der Waals surface area contributed by atoms with Crippen molar-refractivity contribution in [3.63, 3.8) is 0 Å². The summed E-state index contributed by atoms with van der Waals surface area (Å²) in [4.78, 5) is 39.4. The number of benzene rings is 1. The van der Waals surface area contributed by atoms with E-state index < -0.39 is 12.1 Å². The molecule has 0 spiro atoms. The van der Waals surface area contributed by atoms with Crippen molar-refractivity contribution in [2.24, 2.45) is 0 Å². The maximum atomic E-state index is 14.1. The Morgan fingerprint density at radius 3 is 2.56 bits per heavy atom. The minimum absolute atomic E-state index is 0.0749. The number of nitriles is 1. The zero-order valence-electron chi connectivity index (χ0n) is 22.3. The molecule has 2 aromatic heterocycles. The number of amides is 2. The van der Waals surface area contributed by atoms with Crippen LogP contribution >= 0.6 is 11.6 Å². The van der Waals surface area contributed by atoms with Gasteiger partial charge in [-0.05, 0) is 30.0 Å². The van der Waals surface area contributed by atoms with E-state index in [1.807, 2.05) is 40.1 Å². The Hall–Kier alpha value is -4.17. The van der Waals surface area contributed by atoms with Gasteiger partial charge in [-0.1, -0.05) is 26.0 Å². The topological polar surface area (TPSA) is 129 Å². The minimum Gasteiger partial charge on any atom is -0.479 e. The van der Waals surface area contributed by atoms with Crippen molar-refractivity contribution < 1.29 is 14.3 Å². The van der Waals surface area contributed by atoms with Crippen molar-refractivity contribution in [2.75, 3.05) is 32.6 Å². The highest BCUT2D eigenvalue weighted by Crippen LogP contribution is 2.45. The average Bonchev–Trinajstić information content (AvgIpc) is 3.44. The molecule has 1 fully saturated rings. The number of piperidine rings is 1. The molecule has 0 radical (unpaired) electrons. The molecule has 0 aliphatic carbocycles. The zero-order valence-corrected chi connectivity index (χ0v) is 23.1. The summed E-state index contributed by atoms with van der Waals surface area (Å²) in [6, 6.07) is 7.79.